The largest absolute Gasteiger partial charge is 0.455 e. The Bertz CT molecular complexity index is 2500. The molecule has 0 saturated carbocycles. The predicted molar refractivity (Wildman–Crippen MR) is 165 cm³/mol. The quantitative estimate of drug-likeness (QED) is 0.243. The third kappa shape index (κ3) is 2.42. The number of benzene rings is 6. The summed E-state index contributed by atoms with van der Waals surface area (Å²) in [5.74, 6) is 0.925. The molecule has 0 bridgehead atoms. The van der Waals surface area contributed by atoms with Crippen LogP contribution in [0.25, 0.3) is 66.2 Å². The lowest BCUT2D eigenvalue weighted by Gasteiger charge is -2.30. The second-order valence-electron chi connectivity index (χ2n) is 10.8. The van der Waals surface area contributed by atoms with Gasteiger partial charge in [0.1, 0.15) is 11.2 Å². The zero-order valence-corrected chi connectivity index (χ0v) is 21.4. The van der Waals surface area contributed by atoms with Crippen LogP contribution in [0.1, 0.15) is 0 Å². The number of nitrogens with zero attached hydrogens (tertiary/aromatic N) is 3. The summed E-state index contributed by atoms with van der Waals surface area (Å²) < 4.78 is 11.3. The molecule has 0 unspecified atom stereocenters. The Morgan fingerprint density at radius 1 is 0.625 bits per heavy atom. The number of imidazole rings is 1. The highest BCUT2D eigenvalue weighted by atomic mass is 16.3. The van der Waals surface area contributed by atoms with E-state index in [0.29, 0.717) is 0 Å². The molecular weight excluding hydrogens is 489 g/mol. The zero-order valence-electron chi connectivity index (χ0n) is 21.4. The van der Waals surface area contributed by atoms with E-state index in [1.807, 2.05) is 6.07 Å². The molecule has 1 aliphatic heterocycles. The van der Waals surface area contributed by atoms with E-state index in [-0.39, 0.29) is 6.71 Å². The van der Waals surface area contributed by atoms with Gasteiger partial charge in [-0.2, -0.15) is 0 Å². The first-order valence-electron chi connectivity index (χ1n) is 13.7. The number of fused-ring (bicyclic) bond motifs is 11. The Hall–Kier alpha value is -5.29. The molecule has 40 heavy (non-hydrogen) atoms. The molecule has 0 saturated heterocycles. The van der Waals surface area contributed by atoms with Gasteiger partial charge in [-0.1, -0.05) is 96.5 Å². The Morgan fingerprint density at radius 2 is 1.43 bits per heavy atom. The van der Waals surface area contributed by atoms with Gasteiger partial charge in [0.05, 0.1) is 22.1 Å². The average molecular weight is 509 g/mol. The van der Waals surface area contributed by atoms with Crippen molar-refractivity contribution in [1.82, 2.24) is 14.0 Å². The Labute approximate surface area is 228 Å². The number of furan rings is 1. The summed E-state index contributed by atoms with van der Waals surface area (Å²) in [6, 6.07) is 43.3. The third-order valence-electron chi connectivity index (χ3n) is 8.77. The van der Waals surface area contributed by atoms with E-state index in [2.05, 4.69) is 124 Å². The molecule has 6 aromatic carbocycles. The molecule has 9 aromatic rings. The number of hydrogen-bond donors (Lipinski definition) is 0. The summed E-state index contributed by atoms with van der Waals surface area (Å²) in [7, 11) is 0. The topological polar surface area (TPSA) is 35.4 Å². The smallest absolute Gasteiger partial charge is 0.246 e. The van der Waals surface area contributed by atoms with Crippen LogP contribution in [-0.2, 0) is 0 Å². The molecule has 1 aliphatic rings. The van der Waals surface area contributed by atoms with E-state index in [1.165, 1.54) is 33.0 Å². The van der Waals surface area contributed by atoms with Crippen LogP contribution < -0.4 is 16.4 Å². The first-order valence-corrected chi connectivity index (χ1v) is 13.7. The molecule has 0 fully saturated rings. The molecule has 0 amide bonds. The number of aromatic nitrogens is 3. The lowest BCUT2D eigenvalue weighted by molar-refractivity contribution is 0.672. The highest BCUT2D eigenvalue weighted by molar-refractivity contribution is 6.98. The molecule has 0 radical (unpaired) electrons. The molecule has 3 aromatic heterocycles. The maximum atomic E-state index is 6.57. The summed E-state index contributed by atoms with van der Waals surface area (Å²) in [6.07, 6.45) is 0. The molecule has 0 atom stereocenters. The van der Waals surface area contributed by atoms with E-state index < -0.39 is 0 Å². The van der Waals surface area contributed by atoms with Crippen molar-refractivity contribution >= 4 is 83.7 Å². The molecule has 4 nitrogen and oxygen atoms in total. The Balaban J connectivity index is 1.53. The standard InChI is InChI=1S/C35H20BN3O/c1-2-10-21(11-3-1)36-25-13-5-7-15-28(25)39-33-26(36)19-18-23-32(33)30(38-29-16-8-6-14-27(29)37-35(38)39)20-24-22-12-4-9-17-31(22)40-34(23)24/h1-20H. The van der Waals surface area contributed by atoms with Crippen molar-refractivity contribution in [1.29, 1.82) is 0 Å². The molecule has 4 heterocycles. The maximum absolute atomic E-state index is 6.57. The minimum absolute atomic E-state index is 0.114. The van der Waals surface area contributed by atoms with Gasteiger partial charge in [-0.05, 0) is 41.3 Å². The summed E-state index contributed by atoms with van der Waals surface area (Å²) in [4.78, 5) is 5.26. The van der Waals surface area contributed by atoms with Crippen LogP contribution in [-0.4, -0.2) is 20.7 Å². The van der Waals surface area contributed by atoms with Gasteiger partial charge in [-0.15, -0.1) is 0 Å². The fraction of sp³-hybridized carbons (Fsp3) is 0. The van der Waals surface area contributed by atoms with Crippen LogP contribution in [0.5, 0.6) is 0 Å². The molecule has 10 rings (SSSR count). The van der Waals surface area contributed by atoms with Gasteiger partial charge in [0.15, 0.2) is 0 Å². The SMILES string of the molecule is c1ccc(B2c3ccccc3-n3c4c2ccc2c5oc6ccccc6c5cc(c24)n2c4ccccc4nc32)cc1. The van der Waals surface area contributed by atoms with Gasteiger partial charge in [-0.25, -0.2) is 4.98 Å². The van der Waals surface area contributed by atoms with Crippen molar-refractivity contribution in [3.05, 3.63) is 121 Å². The van der Waals surface area contributed by atoms with E-state index in [9.17, 15) is 0 Å². The van der Waals surface area contributed by atoms with Crippen molar-refractivity contribution < 1.29 is 4.42 Å². The summed E-state index contributed by atoms with van der Waals surface area (Å²) in [6.45, 7) is 0.114. The molecule has 5 heteroatoms. The monoisotopic (exact) mass is 509 g/mol. The van der Waals surface area contributed by atoms with Crippen molar-refractivity contribution in [3.8, 4) is 5.69 Å². The minimum Gasteiger partial charge on any atom is -0.455 e. The Kier molecular flexibility index (Phi) is 3.73. The molecule has 0 N–H and O–H groups in total. The van der Waals surface area contributed by atoms with Crippen LogP contribution in [0.2, 0.25) is 0 Å². The van der Waals surface area contributed by atoms with Crippen molar-refractivity contribution in [2.75, 3.05) is 0 Å². The molecule has 0 spiro atoms. The van der Waals surface area contributed by atoms with Crippen LogP contribution in [0.3, 0.4) is 0 Å². The fourth-order valence-electron chi connectivity index (χ4n) is 7.16. The lowest BCUT2D eigenvalue weighted by Crippen LogP contribution is -2.56. The zero-order chi connectivity index (χ0) is 25.9. The molecule has 0 aliphatic carbocycles. The van der Waals surface area contributed by atoms with Crippen LogP contribution in [0, 0.1) is 0 Å². The number of hydrogen-bond acceptors (Lipinski definition) is 2. The van der Waals surface area contributed by atoms with E-state index >= 15 is 0 Å². The van der Waals surface area contributed by atoms with Gasteiger partial charge in [-0.3, -0.25) is 8.97 Å². The minimum atomic E-state index is 0.114. The van der Waals surface area contributed by atoms with Crippen LogP contribution in [0.4, 0.5) is 0 Å². The highest BCUT2D eigenvalue weighted by Gasteiger charge is 2.34. The van der Waals surface area contributed by atoms with Gasteiger partial charge in [0.2, 0.25) is 12.5 Å². The van der Waals surface area contributed by atoms with E-state index in [4.69, 9.17) is 9.40 Å². The predicted octanol–water partition coefficient (Wildman–Crippen LogP) is 6.31. The summed E-state index contributed by atoms with van der Waals surface area (Å²) >= 11 is 0. The van der Waals surface area contributed by atoms with E-state index in [1.54, 1.807) is 0 Å². The maximum Gasteiger partial charge on any atom is 0.246 e. The number of para-hydroxylation sites is 4. The van der Waals surface area contributed by atoms with Crippen LogP contribution in [0.15, 0.2) is 126 Å². The van der Waals surface area contributed by atoms with Gasteiger partial charge in [0, 0.05) is 27.2 Å². The summed E-state index contributed by atoms with van der Waals surface area (Å²) in [5.41, 5.74) is 11.3. The van der Waals surface area contributed by atoms with Crippen LogP contribution >= 0.6 is 0 Å². The van der Waals surface area contributed by atoms with Gasteiger partial charge >= 0.3 is 0 Å². The van der Waals surface area contributed by atoms with Crippen molar-refractivity contribution in [2.45, 2.75) is 0 Å². The van der Waals surface area contributed by atoms with Crippen molar-refractivity contribution in [3.63, 3.8) is 0 Å². The summed E-state index contributed by atoms with van der Waals surface area (Å²) in [5, 5.41) is 4.59. The molecular formula is C35H20BN3O. The Morgan fingerprint density at radius 3 is 2.38 bits per heavy atom. The van der Waals surface area contributed by atoms with Gasteiger partial charge in [0.25, 0.3) is 0 Å². The second kappa shape index (κ2) is 7.22. The average Bonchev–Trinajstić information content (AvgIpc) is 3.59. The highest BCUT2D eigenvalue weighted by Crippen LogP contribution is 2.41. The fourth-order valence-corrected chi connectivity index (χ4v) is 7.16. The lowest BCUT2D eigenvalue weighted by atomic mass is 9.35. The van der Waals surface area contributed by atoms with Gasteiger partial charge < -0.3 is 4.42 Å². The first kappa shape index (κ1) is 20.6. The molecule has 184 valence electrons. The second-order valence-corrected chi connectivity index (χ2v) is 10.8. The third-order valence-corrected chi connectivity index (χ3v) is 8.77. The number of rotatable bonds is 1. The van der Waals surface area contributed by atoms with E-state index in [0.717, 1.165) is 49.7 Å². The normalized spacial score (nSPS) is 12.9. The first-order chi connectivity index (χ1) is 19.9. The van der Waals surface area contributed by atoms with Crippen molar-refractivity contribution in [2.24, 2.45) is 0 Å².